The molecule has 0 radical (unpaired) electrons. The molecule has 0 spiro atoms. The van der Waals surface area contributed by atoms with Crippen LogP contribution in [0.15, 0.2) is 27.3 Å². The van der Waals surface area contributed by atoms with Crippen molar-refractivity contribution >= 4 is 33.0 Å². The second-order valence-corrected chi connectivity index (χ2v) is 6.63. The number of nitrogens with one attached hydrogen (secondary N) is 2. The van der Waals surface area contributed by atoms with Gasteiger partial charge in [-0.1, -0.05) is 11.3 Å². The standard InChI is InChI=1S/C10H9N3O5S2/c1-5-9(19-10(16)12-5)20(17,18)13-6-2-3-11-7(4-6)8(14)15/h2-4H,1H3,(H,11,13)(H,12,16)(H,14,15). The number of hydrogen-bond donors (Lipinski definition) is 3. The van der Waals surface area contributed by atoms with Crippen LogP contribution in [0.1, 0.15) is 16.2 Å². The van der Waals surface area contributed by atoms with Crippen LogP contribution in [-0.4, -0.2) is 29.5 Å². The zero-order chi connectivity index (χ0) is 14.9. The van der Waals surface area contributed by atoms with E-state index in [1.54, 1.807) is 0 Å². The highest BCUT2D eigenvalue weighted by Crippen LogP contribution is 2.20. The first-order valence-corrected chi connectivity index (χ1v) is 7.51. The Hall–Kier alpha value is -2.20. The van der Waals surface area contributed by atoms with Crippen LogP contribution >= 0.6 is 11.3 Å². The van der Waals surface area contributed by atoms with Crippen LogP contribution in [0.2, 0.25) is 0 Å². The molecule has 3 N–H and O–H groups in total. The monoisotopic (exact) mass is 315 g/mol. The van der Waals surface area contributed by atoms with Crippen LogP contribution in [0.3, 0.4) is 0 Å². The third-order valence-corrected chi connectivity index (χ3v) is 5.24. The van der Waals surface area contributed by atoms with E-state index in [0.717, 1.165) is 6.07 Å². The molecule has 20 heavy (non-hydrogen) atoms. The molecule has 0 saturated carbocycles. The summed E-state index contributed by atoms with van der Waals surface area (Å²) in [7, 11) is -3.95. The van der Waals surface area contributed by atoms with Crippen molar-refractivity contribution in [2.24, 2.45) is 0 Å². The van der Waals surface area contributed by atoms with E-state index >= 15 is 0 Å². The third kappa shape index (κ3) is 2.86. The first kappa shape index (κ1) is 14.2. The fourth-order valence-electron chi connectivity index (χ4n) is 1.46. The number of anilines is 1. The predicted octanol–water partition coefficient (Wildman–Crippen LogP) is 0.639. The summed E-state index contributed by atoms with van der Waals surface area (Å²) < 4.78 is 26.2. The lowest BCUT2D eigenvalue weighted by Gasteiger charge is -2.06. The van der Waals surface area contributed by atoms with Gasteiger partial charge < -0.3 is 10.1 Å². The van der Waals surface area contributed by atoms with Gasteiger partial charge in [0.05, 0.1) is 5.69 Å². The van der Waals surface area contributed by atoms with Gasteiger partial charge in [0.2, 0.25) is 0 Å². The minimum absolute atomic E-state index is 0.0534. The zero-order valence-corrected chi connectivity index (χ0v) is 11.7. The van der Waals surface area contributed by atoms with E-state index in [0.29, 0.717) is 11.3 Å². The van der Waals surface area contributed by atoms with Gasteiger partial charge in [0.15, 0.2) is 4.21 Å². The summed E-state index contributed by atoms with van der Waals surface area (Å²) in [4.78, 5) is 27.4. The molecule has 2 heterocycles. The SMILES string of the molecule is Cc1[nH]c(=O)sc1S(=O)(=O)Nc1ccnc(C(=O)O)c1. The van der Waals surface area contributed by atoms with Crippen molar-refractivity contribution in [3.63, 3.8) is 0 Å². The molecule has 0 aromatic carbocycles. The maximum Gasteiger partial charge on any atom is 0.354 e. The number of pyridine rings is 1. The Morgan fingerprint density at radius 3 is 2.75 bits per heavy atom. The average Bonchev–Trinajstić information content (AvgIpc) is 2.69. The van der Waals surface area contributed by atoms with Gasteiger partial charge in [-0.15, -0.1) is 0 Å². The molecule has 8 nitrogen and oxygen atoms in total. The lowest BCUT2D eigenvalue weighted by Crippen LogP contribution is -2.13. The number of thiazole rings is 1. The molecule has 0 bridgehead atoms. The Bertz CT molecular complexity index is 821. The van der Waals surface area contributed by atoms with Crippen LogP contribution in [0, 0.1) is 6.92 Å². The molecule has 0 aliphatic heterocycles. The quantitative estimate of drug-likeness (QED) is 0.759. The second kappa shape index (κ2) is 5.06. The molecule has 0 amide bonds. The van der Waals surface area contributed by atoms with Gasteiger partial charge in [0.25, 0.3) is 10.0 Å². The van der Waals surface area contributed by atoms with Gasteiger partial charge in [-0.3, -0.25) is 9.52 Å². The summed E-state index contributed by atoms with van der Waals surface area (Å²) in [6.45, 7) is 1.46. The number of aromatic amines is 1. The highest BCUT2D eigenvalue weighted by Gasteiger charge is 2.21. The van der Waals surface area contributed by atoms with Gasteiger partial charge in [-0.05, 0) is 19.1 Å². The van der Waals surface area contributed by atoms with Gasteiger partial charge in [0, 0.05) is 11.9 Å². The minimum Gasteiger partial charge on any atom is -0.477 e. The largest absolute Gasteiger partial charge is 0.477 e. The van der Waals surface area contributed by atoms with Crippen molar-refractivity contribution in [1.29, 1.82) is 0 Å². The van der Waals surface area contributed by atoms with Crippen molar-refractivity contribution in [2.45, 2.75) is 11.1 Å². The highest BCUT2D eigenvalue weighted by molar-refractivity contribution is 7.94. The van der Waals surface area contributed by atoms with Crippen molar-refractivity contribution in [2.75, 3.05) is 4.72 Å². The smallest absolute Gasteiger partial charge is 0.354 e. The Morgan fingerprint density at radius 2 is 2.20 bits per heavy atom. The first-order valence-electron chi connectivity index (χ1n) is 5.21. The van der Waals surface area contributed by atoms with E-state index in [1.807, 2.05) is 0 Å². The summed E-state index contributed by atoms with van der Waals surface area (Å²) in [5, 5.41) is 8.79. The zero-order valence-electron chi connectivity index (χ0n) is 10.1. The molecule has 106 valence electrons. The van der Waals surface area contributed by atoms with Crippen LogP contribution in [0.4, 0.5) is 5.69 Å². The molecule has 0 unspecified atom stereocenters. The summed E-state index contributed by atoms with van der Waals surface area (Å²) in [6, 6.07) is 2.40. The maximum atomic E-state index is 12.1. The highest BCUT2D eigenvalue weighted by atomic mass is 32.2. The number of rotatable bonds is 4. The van der Waals surface area contributed by atoms with E-state index in [2.05, 4.69) is 14.7 Å². The average molecular weight is 315 g/mol. The van der Waals surface area contributed by atoms with Crippen molar-refractivity contribution in [3.8, 4) is 0 Å². The summed E-state index contributed by atoms with van der Waals surface area (Å²) in [6.07, 6.45) is 1.17. The van der Waals surface area contributed by atoms with Crippen LogP contribution < -0.4 is 9.60 Å². The number of sulfonamides is 1. The number of aromatic carboxylic acids is 1. The van der Waals surface area contributed by atoms with E-state index < -0.39 is 20.9 Å². The van der Waals surface area contributed by atoms with E-state index in [-0.39, 0.29) is 21.3 Å². The second-order valence-electron chi connectivity index (χ2n) is 3.77. The number of hydrogen-bond acceptors (Lipinski definition) is 6. The van der Waals surface area contributed by atoms with E-state index in [9.17, 15) is 18.0 Å². The van der Waals surface area contributed by atoms with Crippen LogP contribution in [0.25, 0.3) is 0 Å². The Morgan fingerprint density at radius 1 is 1.50 bits per heavy atom. The van der Waals surface area contributed by atoms with Gasteiger partial charge in [0.1, 0.15) is 5.69 Å². The van der Waals surface area contributed by atoms with Crippen molar-refractivity contribution in [3.05, 3.63) is 39.4 Å². The molecule has 0 aliphatic carbocycles. The molecular weight excluding hydrogens is 306 g/mol. The van der Waals surface area contributed by atoms with Crippen molar-refractivity contribution in [1.82, 2.24) is 9.97 Å². The van der Waals surface area contributed by atoms with Crippen LogP contribution in [0.5, 0.6) is 0 Å². The van der Waals surface area contributed by atoms with E-state index in [4.69, 9.17) is 5.11 Å². The lowest BCUT2D eigenvalue weighted by atomic mass is 10.3. The Kier molecular flexibility index (Phi) is 3.59. The number of aryl methyl sites for hydroxylation is 1. The Labute approximate surface area is 117 Å². The number of aromatic nitrogens is 2. The molecule has 0 saturated heterocycles. The fraction of sp³-hybridized carbons (Fsp3) is 0.100. The molecule has 0 fully saturated rings. The fourth-order valence-corrected chi connectivity index (χ4v) is 3.81. The maximum absolute atomic E-state index is 12.1. The number of H-pyrrole nitrogens is 1. The molecule has 2 aromatic heterocycles. The lowest BCUT2D eigenvalue weighted by molar-refractivity contribution is 0.0690. The number of carboxylic acids is 1. The molecular formula is C10H9N3O5S2. The summed E-state index contributed by atoms with van der Waals surface area (Å²) >= 11 is 0.558. The number of nitrogens with zero attached hydrogens (tertiary/aromatic N) is 1. The summed E-state index contributed by atoms with van der Waals surface area (Å²) in [5.74, 6) is -1.27. The molecule has 2 aromatic rings. The van der Waals surface area contributed by atoms with Gasteiger partial charge >= 0.3 is 10.8 Å². The van der Waals surface area contributed by atoms with Gasteiger partial charge in [-0.2, -0.15) is 0 Å². The number of carboxylic acid groups (broad SMARTS) is 1. The molecule has 10 heteroatoms. The minimum atomic E-state index is -3.95. The topological polar surface area (TPSA) is 129 Å². The Balaban J connectivity index is 2.38. The van der Waals surface area contributed by atoms with Gasteiger partial charge in [-0.25, -0.2) is 18.2 Å². The molecule has 2 rings (SSSR count). The van der Waals surface area contributed by atoms with Crippen LogP contribution in [-0.2, 0) is 10.0 Å². The summed E-state index contributed by atoms with van der Waals surface area (Å²) in [5.41, 5.74) is -0.0122. The van der Waals surface area contributed by atoms with E-state index in [1.165, 1.54) is 19.2 Å². The molecule has 0 atom stereocenters. The number of carbonyl (C=O) groups is 1. The van der Waals surface area contributed by atoms with Crippen molar-refractivity contribution < 1.29 is 18.3 Å². The first-order chi connectivity index (χ1) is 9.29. The normalized spacial score (nSPS) is 11.2. The predicted molar refractivity (Wildman–Crippen MR) is 71.7 cm³/mol. The molecule has 0 aliphatic rings. The third-order valence-electron chi connectivity index (χ3n) is 2.26.